The van der Waals surface area contributed by atoms with Crippen LogP contribution >= 0.6 is 0 Å². The molecule has 2 aromatic rings. The summed E-state index contributed by atoms with van der Waals surface area (Å²) >= 11 is 0. The van der Waals surface area contributed by atoms with Crippen molar-refractivity contribution in [2.45, 2.75) is 12.5 Å². The summed E-state index contributed by atoms with van der Waals surface area (Å²) in [6.45, 7) is 0.730. The second-order valence-corrected chi connectivity index (χ2v) is 5.39. The molecule has 0 unspecified atom stereocenters. The van der Waals surface area contributed by atoms with E-state index in [2.05, 4.69) is 5.32 Å². The molecule has 0 bridgehead atoms. The fraction of sp³-hybridized carbons (Fsp3) is 0.188. The van der Waals surface area contributed by atoms with Gasteiger partial charge in [0.25, 0.3) is 5.91 Å². The Kier molecular flexibility index (Phi) is 5.28. The van der Waals surface area contributed by atoms with E-state index in [4.69, 9.17) is 4.74 Å². The molecule has 2 rings (SSSR count). The number of nitro groups is 1. The topological polar surface area (TPSA) is 102 Å². The number of ether oxygens (including phenoxy) is 1. The van der Waals surface area contributed by atoms with E-state index in [0.717, 1.165) is 30.3 Å². The number of benzene rings is 2. The summed E-state index contributed by atoms with van der Waals surface area (Å²) in [5, 5.41) is 23.0. The summed E-state index contributed by atoms with van der Waals surface area (Å²) in [6, 6.07) is 7.77. The molecule has 0 aliphatic carbocycles. The van der Waals surface area contributed by atoms with Crippen molar-refractivity contribution in [3.63, 3.8) is 0 Å². The van der Waals surface area contributed by atoms with Crippen molar-refractivity contribution in [1.82, 2.24) is 0 Å². The highest BCUT2D eigenvalue weighted by atomic mass is 19.1. The van der Waals surface area contributed by atoms with Crippen molar-refractivity contribution in [2.24, 2.45) is 0 Å². The second kappa shape index (κ2) is 7.22. The van der Waals surface area contributed by atoms with E-state index in [1.165, 1.54) is 19.1 Å². The molecule has 0 aromatic heterocycles. The molecule has 1 atom stereocenters. The number of anilines is 1. The number of carbonyl (C=O) groups excluding carboxylic acids is 1. The van der Waals surface area contributed by atoms with Crippen LogP contribution in [-0.2, 0) is 4.79 Å². The first-order valence-corrected chi connectivity index (χ1v) is 7.05. The number of halogens is 2. The molecule has 0 aliphatic rings. The largest absolute Gasteiger partial charge is 0.490 e. The number of nitrogens with zero attached hydrogens (tertiary/aromatic N) is 1. The molecule has 1 amide bonds. The average Bonchev–Trinajstić information content (AvgIpc) is 2.54. The van der Waals surface area contributed by atoms with Crippen LogP contribution in [-0.4, -0.2) is 28.1 Å². The molecule has 9 heteroatoms. The van der Waals surface area contributed by atoms with Crippen molar-refractivity contribution in [3.8, 4) is 5.75 Å². The van der Waals surface area contributed by atoms with Crippen molar-refractivity contribution in [2.75, 3.05) is 11.9 Å². The summed E-state index contributed by atoms with van der Waals surface area (Å²) in [5.74, 6) is -2.24. The zero-order chi connectivity index (χ0) is 18.6. The molecular weight excluding hydrogens is 337 g/mol. The van der Waals surface area contributed by atoms with E-state index in [0.29, 0.717) is 0 Å². The van der Waals surface area contributed by atoms with Crippen LogP contribution in [0.4, 0.5) is 20.2 Å². The van der Waals surface area contributed by atoms with Gasteiger partial charge < -0.3 is 15.2 Å². The standard InChI is InChI=1S/C16H14F2N2O5/c1-16(22,9-25-12-5-2-10(17)3-6-12)15(21)19-11-4-7-14(20(23)24)13(18)8-11/h2-8,22H,9H2,1H3,(H,19,21)/t16-/m0/s1/i18-1. The molecule has 25 heavy (non-hydrogen) atoms. The van der Waals surface area contributed by atoms with E-state index < -0.39 is 40.4 Å². The number of hydrogen-bond donors (Lipinski definition) is 2. The molecule has 0 spiro atoms. The molecule has 0 aliphatic heterocycles. The lowest BCUT2D eigenvalue weighted by Gasteiger charge is -2.22. The van der Waals surface area contributed by atoms with E-state index in [-0.39, 0.29) is 11.4 Å². The van der Waals surface area contributed by atoms with Gasteiger partial charge in [-0.2, -0.15) is 4.39 Å². The van der Waals surface area contributed by atoms with Crippen LogP contribution in [0.1, 0.15) is 6.92 Å². The monoisotopic (exact) mass is 351 g/mol. The van der Waals surface area contributed by atoms with Crippen molar-refractivity contribution in [1.29, 1.82) is 0 Å². The summed E-state index contributed by atoms with van der Waals surface area (Å²) in [4.78, 5) is 21.7. The zero-order valence-electron chi connectivity index (χ0n) is 13.0. The summed E-state index contributed by atoms with van der Waals surface area (Å²) in [5.41, 5.74) is -2.77. The molecule has 0 saturated carbocycles. The average molecular weight is 351 g/mol. The highest BCUT2D eigenvalue weighted by Crippen LogP contribution is 2.22. The van der Waals surface area contributed by atoms with Gasteiger partial charge in [-0.05, 0) is 37.3 Å². The van der Waals surface area contributed by atoms with E-state index in [1.54, 1.807) is 0 Å². The van der Waals surface area contributed by atoms with Crippen molar-refractivity contribution in [3.05, 3.63) is 64.2 Å². The van der Waals surface area contributed by atoms with Crippen LogP contribution in [0.15, 0.2) is 42.5 Å². The van der Waals surface area contributed by atoms with E-state index in [9.17, 15) is 28.8 Å². The molecule has 0 radical (unpaired) electrons. The summed E-state index contributed by atoms with van der Waals surface area (Å²) < 4.78 is 31.6. The van der Waals surface area contributed by atoms with E-state index >= 15 is 0 Å². The second-order valence-electron chi connectivity index (χ2n) is 5.39. The number of amides is 1. The normalized spacial score (nSPS) is 13.0. The van der Waals surface area contributed by atoms with Gasteiger partial charge in [-0.1, -0.05) is 0 Å². The molecule has 2 N–H and O–H groups in total. The third-order valence-corrected chi connectivity index (χ3v) is 3.22. The minimum atomic E-state index is -1.98. The summed E-state index contributed by atoms with van der Waals surface area (Å²) in [6.07, 6.45) is 0. The van der Waals surface area contributed by atoms with Gasteiger partial charge in [-0.15, -0.1) is 0 Å². The predicted molar refractivity (Wildman–Crippen MR) is 84.2 cm³/mol. The number of nitrogens with one attached hydrogen (secondary N) is 1. The third kappa shape index (κ3) is 4.70. The predicted octanol–water partition coefficient (Wildman–Crippen LogP) is 2.64. The zero-order valence-corrected chi connectivity index (χ0v) is 13.0. The molecule has 0 saturated heterocycles. The number of rotatable bonds is 6. The first-order chi connectivity index (χ1) is 11.7. The number of carbonyl (C=O) groups is 1. The lowest BCUT2D eigenvalue weighted by Crippen LogP contribution is -2.45. The van der Waals surface area contributed by atoms with Gasteiger partial charge in [-0.3, -0.25) is 14.9 Å². The maximum Gasteiger partial charge on any atom is 0.304 e. The molecule has 132 valence electrons. The molecule has 0 fully saturated rings. The Morgan fingerprint density at radius 2 is 1.92 bits per heavy atom. The van der Waals surface area contributed by atoms with E-state index in [1.807, 2.05) is 0 Å². The van der Waals surface area contributed by atoms with Crippen molar-refractivity contribution < 1.29 is 28.3 Å². The van der Waals surface area contributed by atoms with Crippen LogP contribution in [0, 0.1) is 21.7 Å². The Bertz CT molecular complexity index is 794. The van der Waals surface area contributed by atoms with Gasteiger partial charge in [0, 0.05) is 17.8 Å². The quantitative estimate of drug-likeness (QED) is 0.615. The van der Waals surface area contributed by atoms with Crippen LogP contribution in [0.5, 0.6) is 5.75 Å². The minimum Gasteiger partial charge on any atom is -0.490 e. The smallest absolute Gasteiger partial charge is 0.304 e. The molecule has 2 aromatic carbocycles. The number of hydrogen-bond acceptors (Lipinski definition) is 5. The molecule has 0 heterocycles. The molecule has 7 nitrogen and oxygen atoms in total. The number of aliphatic hydroxyl groups is 1. The lowest BCUT2D eigenvalue weighted by molar-refractivity contribution is -0.387. The Morgan fingerprint density at radius 1 is 1.28 bits per heavy atom. The fourth-order valence-electron chi connectivity index (χ4n) is 1.82. The van der Waals surface area contributed by atoms with Crippen LogP contribution in [0.25, 0.3) is 0 Å². The Balaban J connectivity index is 2.01. The third-order valence-electron chi connectivity index (χ3n) is 3.22. The lowest BCUT2D eigenvalue weighted by atomic mass is 10.1. The SMILES string of the molecule is C[C@](O)(COc1ccc(F)cc1)C(=O)Nc1ccc([N+](=O)[O-])c([18F])c1. The van der Waals surface area contributed by atoms with Crippen LogP contribution in [0.2, 0.25) is 0 Å². The Hall–Kier alpha value is -3.07. The van der Waals surface area contributed by atoms with Crippen LogP contribution in [0.3, 0.4) is 0 Å². The highest BCUT2D eigenvalue weighted by Gasteiger charge is 2.32. The van der Waals surface area contributed by atoms with Gasteiger partial charge in [0.1, 0.15) is 18.2 Å². The highest BCUT2D eigenvalue weighted by molar-refractivity contribution is 5.97. The van der Waals surface area contributed by atoms with Gasteiger partial charge in [-0.25, -0.2) is 4.39 Å². The van der Waals surface area contributed by atoms with Gasteiger partial charge in [0.15, 0.2) is 5.60 Å². The summed E-state index contributed by atoms with van der Waals surface area (Å²) in [7, 11) is 0. The van der Waals surface area contributed by atoms with Gasteiger partial charge >= 0.3 is 5.69 Å². The van der Waals surface area contributed by atoms with Gasteiger partial charge in [0.2, 0.25) is 5.82 Å². The Labute approximate surface area is 141 Å². The first-order valence-electron chi connectivity index (χ1n) is 7.05. The fourth-order valence-corrected chi connectivity index (χ4v) is 1.82. The number of nitro benzene ring substituents is 1. The maximum absolute atomic E-state index is 13.5. The maximum atomic E-state index is 13.5. The van der Waals surface area contributed by atoms with Crippen LogP contribution < -0.4 is 10.1 Å². The van der Waals surface area contributed by atoms with Crippen molar-refractivity contribution >= 4 is 17.3 Å². The minimum absolute atomic E-state index is 0.0600. The van der Waals surface area contributed by atoms with Gasteiger partial charge in [0.05, 0.1) is 4.92 Å². The Morgan fingerprint density at radius 3 is 2.48 bits per heavy atom. The first kappa shape index (κ1) is 18.3. The molecular formula is C16H14F2N2O5.